The summed E-state index contributed by atoms with van der Waals surface area (Å²) in [5.74, 6) is -0.755. The maximum Gasteiger partial charge on any atom is 0.408 e. The molecule has 0 aliphatic carbocycles. The van der Waals surface area contributed by atoms with Crippen LogP contribution in [0.3, 0.4) is 0 Å². The highest BCUT2D eigenvalue weighted by Gasteiger charge is 2.24. The van der Waals surface area contributed by atoms with Crippen LogP contribution in [0.2, 0.25) is 0 Å². The highest BCUT2D eigenvalue weighted by atomic mass is 31.2. The summed E-state index contributed by atoms with van der Waals surface area (Å²) < 4.78 is 15.6. The zero-order chi connectivity index (χ0) is 15.2. The summed E-state index contributed by atoms with van der Waals surface area (Å²) >= 11 is 0. The van der Waals surface area contributed by atoms with Gasteiger partial charge in [0.15, 0.2) is 5.78 Å². The van der Waals surface area contributed by atoms with Gasteiger partial charge in [0.2, 0.25) is 0 Å². The van der Waals surface area contributed by atoms with E-state index in [1.165, 1.54) is 6.92 Å². The monoisotopic (exact) mass is 301 g/mol. The van der Waals surface area contributed by atoms with Crippen molar-refractivity contribution in [1.82, 2.24) is 5.32 Å². The van der Waals surface area contributed by atoms with E-state index in [2.05, 4.69) is 5.32 Å². The van der Waals surface area contributed by atoms with E-state index >= 15 is 0 Å². The Balaban J connectivity index is 2.38. The number of hydrogen-bond donors (Lipinski definition) is 3. The van der Waals surface area contributed by atoms with E-state index in [0.29, 0.717) is 0 Å². The summed E-state index contributed by atoms with van der Waals surface area (Å²) in [5, 5.41) is 2.22. The average Bonchev–Trinajstić information content (AvgIpc) is 2.35. The number of nitrogens with one attached hydrogen (secondary N) is 1. The minimum absolute atomic E-state index is 0.0477. The molecule has 110 valence electrons. The van der Waals surface area contributed by atoms with Gasteiger partial charge in [-0.15, -0.1) is 0 Å². The number of ether oxygens (including phenoxy) is 1. The predicted octanol–water partition coefficient (Wildman–Crippen LogP) is 1.05. The maximum absolute atomic E-state index is 11.4. The molecule has 20 heavy (non-hydrogen) atoms. The molecule has 0 spiro atoms. The minimum Gasteiger partial charge on any atom is -0.445 e. The molecule has 0 aliphatic rings. The molecule has 1 aromatic carbocycles. The number of ketones is 1. The third kappa shape index (κ3) is 6.47. The molecule has 1 atom stereocenters. The van der Waals surface area contributed by atoms with Gasteiger partial charge in [0.05, 0.1) is 6.04 Å². The van der Waals surface area contributed by atoms with Crippen molar-refractivity contribution >= 4 is 19.5 Å². The fourth-order valence-electron chi connectivity index (χ4n) is 1.36. The number of alkyl carbamates (subject to hydrolysis) is 1. The summed E-state index contributed by atoms with van der Waals surface area (Å²) in [5.41, 5.74) is 0.789. The highest BCUT2D eigenvalue weighted by Crippen LogP contribution is 2.34. The Bertz CT molecular complexity index is 512. The second-order valence-electron chi connectivity index (χ2n) is 4.22. The topological polar surface area (TPSA) is 113 Å². The lowest BCUT2D eigenvalue weighted by molar-refractivity contribution is -0.118. The van der Waals surface area contributed by atoms with Gasteiger partial charge < -0.3 is 19.8 Å². The molecule has 1 rings (SSSR count). The average molecular weight is 301 g/mol. The smallest absolute Gasteiger partial charge is 0.408 e. The molecule has 8 heteroatoms. The first-order valence-corrected chi connectivity index (χ1v) is 7.62. The van der Waals surface area contributed by atoms with Crippen LogP contribution in [0.25, 0.3) is 0 Å². The Morgan fingerprint density at radius 1 is 1.30 bits per heavy atom. The first-order chi connectivity index (χ1) is 9.28. The maximum atomic E-state index is 11.4. The summed E-state index contributed by atoms with van der Waals surface area (Å²) in [7, 11) is -4.42. The lowest BCUT2D eigenvalue weighted by Gasteiger charge is -2.13. The molecule has 7 nitrogen and oxygen atoms in total. The standard InChI is InChI=1S/C12H16NO6P/c1-9(11(14)8-20(16,17)18)13-12(15)19-7-10-5-3-2-4-6-10/h2-6,9H,7-8H2,1H3,(H,13,15)(H2,16,17,18)/t9-/m1/s1. The number of hydrogen-bond acceptors (Lipinski definition) is 4. The van der Waals surface area contributed by atoms with Gasteiger partial charge in [-0.2, -0.15) is 0 Å². The van der Waals surface area contributed by atoms with Crippen molar-refractivity contribution in [3.63, 3.8) is 0 Å². The van der Waals surface area contributed by atoms with Gasteiger partial charge in [-0.3, -0.25) is 9.36 Å². The van der Waals surface area contributed by atoms with Gasteiger partial charge in [0, 0.05) is 0 Å². The third-order valence-corrected chi connectivity index (χ3v) is 3.12. The van der Waals surface area contributed by atoms with Crippen LogP contribution >= 0.6 is 7.60 Å². The number of amides is 1. The van der Waals surface area contributed by atoms with Crippen molar-refractivity contribution in [2.24, 2.45) is 0 Å². The van der Waals surface area contributed by atoms with Crippen molar-refractivity contribution in [3.05, 3.63) is 35.9 Å². The first-order valence-electron chi connectivity index (χ1n) is 5.82. The Labute approximate surface area is 116 Å². The van der Waals surface area contributed by atoms with Crippen LogP contribution in [-0.2, 0) is 20.7 Å². The largest absolute Gasteiger partial charge is 0.445 e. The van der Waals surface area contributed by atoms with E-state index in [4.69, 9.17) is 14.5 Å². The van der Waals surface area contributed by atoms with Crippen molar-refractivity contribution < 1.29 is 28.7 Å². The molecule has 0 heterocycles. The Kier molecular flexibility index (Phi) is 5.88. The Morgan fingerprint density at radius 3 is 2.45 bits per heavy atom. The first kappa shape index (κ1) is 16.4. The van der Waals surface area contributed by atoms with E-state index in [-0.39, 0.29) is 6.61 Å². The van der Waals surface area contributed by atoms with Crippen LogP contribution < -0.4 is 5.32 Å². The van der Waals surface area contributed by atoms with Crippen LogP contribution in [0.5, 0.6) is 0 Å². The Hall–Kier alpha value is -1.69. The molecular weight excluding hydrogens is 285 g/mol. The number of benzene rings is 1. The van der Waals surface area contributed by atoms with Crippen molar-refractivity contribution in [1.29, 1.82) is 0 Å². The van der Waals surface area contributed by atoms with E-state index in [0.717, 1.165) is 5.56 Å². The lowest BCUT2D eigenvalue weighted by atomic mass is 10.2. The molecule has 1 amide bonds. The van der Waals surface area contributed by atoms with Crippen LogP contribution in [-0.4, -0.2) is 33.9 Å². The minimum atomic E-state index is -4.42. The molecule has 1 aromatic rings. The number of carbonyl (C=O) groups excluding carboxylic acids is 2. The number of Topliss-reactive ketones (excluding diaryl/α,β-unsaturated/α-hetero) is 1. The molecule has 0 radical (unpaired) electrons. The van der Waals surface area contributed by atoms with Crippen molar-refractivity contribution in [2.45, 2.75) is 19.6 Å². The van der Waals surface area contributed by atoms with E-state index < -0.39 is 31.7 Å². The van der Waals surface area contributed by atoms with Gasteiger partial charge in [-0.1, -0.05) is 30.3 Å². The van der Waals surface area contributed by atoms with Crippen LogP contribution in [0.1, 0.15) is 12.5 Å². The van der Waals surface area contributed by atoms with E-state index in [1.807, 2.05) is 6.07 Å². The van der Waals surface area contributed by atoms with Crippen LogP contribution in [0, 0.1) is 0 Å². The molecule has 0 fully saturated rings. The number of carbonyl (C=O) groups is 2. The molecule has 0 aromatic heterocycles. The van der Waals surface area contributed by atoms with Gasteiger partial charge in [0.1, 0.15) is 12.8 Å². The third-order valence-electron chi connectivity index (χ3n) is 2.39. The van der Waals surface area contributed by atoms with E-state index in [1.54, 1.807) is 24.3 Å². The van der Waals surface area contributed by atoms with Gasteiger partial charge in [0.25, 0.3) is 0 Å². The molecule has 0 aliphatic heterocycles. The summed E-state index contributed by atoms with van der Waals surface area (Å²) in [6, 6.07) is 7.94. The SMILES string of the molecule is C[C@@H](NC(=O)OCc1ccccc1)C(=O)CP(=O)(O)O. The lowest BCUT2D eigenvalue weighted by Crippen LogP contribution is -2.40. The van der Waals surface area contributed by atoms with Gasteiger partial charge in [-0.25, -0.2) is 4.79 Å². The molecule has 0 saturated heterocycles. The van der Waals surface area contributed by atoms with Crippen LogP contribution in [0.15, 0.2) is 30.3 Å². The summed E-state index contributed by atoms with van der Waals surface area (Å²) in [6.45, 7) is 1.38. The fourth-order valence-corrected chi connectivity index (χ4v) is 2.04. The zero-order valence-electron chi connectivity index (χ0n) is 10.9. The van der Waals surface area contributed by atoms with E-state index in [9.17, 15) is 14.2 Å². The molecule has 3 N–H and O–H groups in total. The van der Waals surface area contributed by atoms with Crippen molar-refractivity contribution in [2.75, 3.05) is 6.16 Å². The highest BCUT2D eigenvalue weighted by molar-refractivity contribution is 7.52. The normalized spacial score (nSPS) is 12.6. The summed E-state index contributed by atoms with van der Waals surface area (Å²) in [4.78, 5) is 40.2. The Morgan fingerprint density at radius 2 is 1.90 bits per heavy atom. The molecular formula is C12H16NO6P. The predicted molar refractivity (Wildman–Crippen MR) is 71.1 cm³/mol. The van der Waals surface area contributed by atoms with Crippen LogP contribution in [0.4, 0.5) is 4.79 Å². The second kappa shape index (κ2) is 7.19. The summed E-state index contributed by atoms with van der Waals surface area (Å²) in [6.07, 6.45) is -1.73. The fraction of sp³-hybridized carbons (Fsp3) is 0.333. The molecule has 0 bridgehead atoms. The molecule has 0 unspecified atom stereocenters. The molecule has 0 saturated carbocycles. The number of rotatable bonds is 6. The quantitative estimate of drug-likeness (QED) is 0.677. The second-order valence-corrected chi connectivity index (χ2v) is 5.86. The van der Waals surface area contributed by atoms with Crippen molar-refractivity contribution in [3.8, 4) is 0 Å². The zero-order valence-corrected chi connectivity index (χ0v) is 11.7. The van der Waals surface area contributed by atoms with Gasteiger partial charge in [-0.05, 0) is 12.5 Å². The van der Waals surface area contributed by atoms with Gasteiger partial charge >= 0.3 is 13.7 Å².